The van der Waals surface area contributed by atoms with Crippen LogP contribution in [-0.2, 0) is 32.6 Å². The third-order valence-electron chi connectivity index (χ3n) is 6.03. The van der Waals surface area contributed by atoms with Gasteiger partial charge in [-0.25, -0.2) is 8.42 Å². The van der Waals surface area contributed by atoms with Gasteiger partial charge in [0, 0.05) is 34.6 Å². The van der Waals surface area contributed by atoms with Crippen LogP contribution in [0.4, 0.5) is 5.69 Å². The first-order valence-corrected chi connectivity index (χ1v) is 15.7. The Hall–Kier alpha value is -2.49. The van der Waals surface area contributed by atoms with Crippen LogP contribution in [0, 0.1) is 0 Å². The lowest BCUT2D eigenvalue weighted by Crippen LogP contribution is -2.53. The molecule has 0 radical (unpaired) electrons. The number of benzene rings is 3. The van der Waals surface area contributed by atoms with Crippen molar-refractivity contribution < 1.29 is 18.0 Å². The number of halogens is 4. The topological polar surface area (TPSA) is 86.8 Å². The fourth-order valence-corrected chi connectivity index (χ4v) is 5.78. The van der Waals surface area contributed by atoms with Crippen LogP contribution in [0.5, 0.6) is 0 Å². The minimum atomic E-state index is -3.99. The molecule has 0 aliphatic heterocycles. The van der Waals surface area contributed by atoms with Crippen LogP contribution in [-0.4, -0.2) is 50.5 Å². The van der Waals surface area contributed by atoms with E-state index in [-0.39, 0.29) is 34.6 Å². The molecule has 2 amide bonds. The first kappa shape index (κ1) is 32.0. The molecule has 0 saturated heterocycles. The first-order chi connectivity index (χ1) is 18.9. The molecule has 0 saturated carbocycles. The van der Waals surface area contributed by atoms with E-state index < -0.39 is 28.5 Å². The number of hydrogen-bond donors (Lipinski definition) is 1. The molecule has 0 fully saturated rings. The highest BCUT2D eigenvalue weighted by Gasteiger charge is 2.33. The van der Waals surface area contributed by atoms with Crippen LogP contribution in [0.15, 0.2) is 66.7 Å². The summed E-state index contributed by atoms with van der Waals surface area (Å²) >= 11 is 25.0. The Morgan fingerprint density at radius 1 is 0.900 bits per heavy atom. The van der Waals surface area contributed by atoms with E-state index in [9.17, 15) is 18.0 Å². The number of anilines is 1. The summed E-state index contributed by atoms with van der Waals surface area (Å²) in [5.74, 6) is -1.02. The number of rotatable bonds is 12. The molecule has 3 aromatic rings. The van der Waals surface area contributed by atoms with E-state index in [0.717, 1.165) is 16.1 Å². The van der Waals surface area contributed by atoms with Gasteiger partial charge in [0.05, 0.1) is 17.0 Å². The maximum atomic E-state index is 14.1. The number of carbonyl (C=O) groups is 2. The van der Waals surface area contributed by atoms with Gasteiger partial charge in [-0.1, -0.05) is 89.7 Å². The molecule has 0 aliphatic carbocycles. The highest BCUT2D eigenvalue weighted by atomic mass is 35.5. The van der Waals surface area contributed by atoms with Gasteiger partial charge in [-0.3, -0.25) is 13.9 Å². The molecular formula is C28H29Cl4N3O4S. The second-order valence-corrected chi connectivity index (χ2v) is 12.7. The predicted molar refractivity (Wildman–Crippen MR) is 163 cm³/mol. The van der Waals surface area contributed by atoms with Crippen molar-refractivity contribution in [3.8, 4) is 0 Å². The number of sulfonamides is 1. The van der Waals surface area contributed by atoms with E-state index in [1.54, 1.807) is 18.2 Å². The van der Waals surface area contributed by atoms with Crippen molar-refractivity contribution in [2.45, 2.75) is 32.4 Å². The summed E-state index contributed by atoms with van der Waals surface area (Å²) in [4.78, 5) is 28.9. The second-order valence-electron chi connectivity index (χ2n) is 9.12. The van der Waals surface area contributed by atoms with Crippen molar-refractivity contribution in [2.24, 2.45) is 0 Å². The SMILES string of the molecule is CCCNC(=O)C(Cc1ccccc1)N(Cc1ccc(Cl)cc1Cl)C(=O)CN(c1cc(Cl)ccc1Cl)S(C)(=O)=O. The van der Waals surface area contributed by atoms with Gasteiger partial charge >= 0.3 is 0 Å². The van der Waals surface area contributed by atoms with E-state index >= 15 is 0 Å². The van der Waals surface area contributed by atoms with Crippen molar-refractivity contribution in [2.75, 3.05) is 23.7 Å². The maximum Gasteiger partial charge on any atom is 0.244 e. The summed E-state index contributed by atoms with van der Waals surface area (Å²) < 4.78 is 26.6. The summed E-state index contributed by atoms with van der Waals surface area (Å²) in [5.41, 5.74) is 1.40. The second kappa shape index (κ2) is 14.4. The Kier molecular flexibility index (Phi) is 11.5. The maximum absolute atomic E-state index is 14.1. The van der Waals surface area contributed by atoms with Crippen LogP contribution < -0.4 is 9.62 Å². The van der Waals surface area contributed by atoms with E-state index in [2.05, 4.69) is 5.32 Å². The van der Waals surface area contributed by atoms with Crippen molar-refractivity contribution in [3.63, 3.8) is 0 Å². The Labute approximate surface area is 255 Å². The van der Waals surface area contributed by atoms with Gasteiger partial charge in [0.1, 0.15) is 12.6 Å². The third kappa shape index (κ3) is 8.75. The average molecular weight is 645 g/mol. The molecule has 214 valence electrons. The number of hydrogen-bond acceptors (Lipinski definition) is 4. The fraction of sp³-hybridized carbons (Fsp3) is 0.286. The zero-order valence-corrected chi connectivity index (χ0v) is 25.8. The van der Waals surface area contributed by atoms with Gasteiger partial charge in [0.2, 0.25) is 21.8 Å². The molecular weight excluding hydrogens is 616 g/mol. The predicted octanol–water partition coefficient (Wildman–Crippen LogP) is 6.23. The Morgan fingerprint density at radius 2 is 1.55 bits per heavy atom. The van der Waals surface area contributed by atoms with E-state index in [1.807, 2.05) is 37.3 Å². The summed E-state index contributed by atoms with van der Waals surface area (Å²) in [7, 11) is -3.99. The van der Waals surface area contributed by atoms with E-state index in [1.165, 1.54) is 23.1 Å². The minimum absolute atomic E-state index is 0.0459. The smallest absolute Gasteiger partial charge is 0.244 e. The van der Waals surface area contributed by atoms with Gasteiger partial charge in [0.25, 0.3) is 0 Å². The number of amides is 2. The first-order valence-electron chi connectivity index (χ1n) is 12.4. The summed E-state index contributed by atoms with van der Waals surface area (Å²) in [6.45, 7) is 1.62. The normalized spacial score (nSPS) is 12.1. The highest BCUT2D eigenvalue weighted by Crippen LogP contribution is 2.31. The van der Waals surface area contributed by atoms with Crippen LogP contribution in [0.3, 0.4) is 0 Å². The fourth-order valence-electron chi connectivity index (χ4n) is 4.03. The monoisotopic (exact) mass is 643 g/mol. The molecule has 1 N–H and O–H groups in total. The third-order valence-corrected chi connectivity index (χ3v) is 8.30. The molecule has 12 heteroatoms. The van der Waals surface area contributed by atoms with E-state index in [0.29, 0.717) is 28.6 Å². The molecule has 1 atom stereocenters. The minimum Gasteiger partial charge on any atom is -0.354 e. The Morgan fingerprint density at radius 3 is 2.17 bits per heavy atom. The zero-order chi connectivity index (χ0) is 29.4. The van der Waals surface area contributed by atoms with Crippen molar-refractivity contribution in [1.29, 1.82) is 0 Å². The van der Waals surface area contributed by atoms with Gasteiger partial charge in [0.15, 0.2) is 0 Å². The van der Waals surface area contributed by atoms with Crippen molar-refractivity contribution >= 4 is 73.9 Å². The van der Waals surface area contributed by atoms with Crippen molar-refractivity contribution in [3.05, 3.63) is 97.9 Å². The molecule has 3 aromatic carbocycles. The average Bonchev–Trinajstić information content (AvgIpc) is 2.90. The number of nitrogens with zero attached hydrogens (tertiary/aromatic N) is 2. The van der Waals surface area contributed by atoms with Crippen molar-refractivity contribution in [1.82, 2.24) is 10.2 Å². The lowest BCUT2D eigenvalue weighted by molar-refractivity contribution is -0.140. The lowest BCUT2D eigenvalue weighted by Gasteiger charge is -2.34. The summed E-state index contributed by atoms with van der Waals surface area (Å²) in [6, 6.07) is 17.4. The highest BCUT2D eigenvalue weighted by molar-refractivity contribution is 7.92. The van der Waals surface area contributed by atoms with Crippen LogP contribution in [0.25, 0.3) is 0 Å². The van der Waals surface area contributed by atoms with Crippen LogP contribution >= 0.6 is 46.4 Å². The molecule has 0 spiro atoms. The molecule has 1 unspecified atom stereocenters. The molecule has 0 aliphatic rings. The van der Waals surface area contributed by atoms with Gasteiger partial charge in [-0.15, -0.1) is 0 Å². The Balaban J connectivity index is 2.10. The molecule has 3 rings (SSSR count). The standard InChI is InChI=1S/C28H29Cl4N3O4S/c1-3-13-33-28(37)26(14-19-7-5-4-6-8-19)34(17-20-9-10-21(29)15-24(20)32)27(36)18-35(40(2,38)39)25-16-22(30)11-12-23(25)31/h4-12,15-16,26H,3,13-14,17-18H2,1-2H3,(H,33,37). The molecule has 0 aromatic heterocycles. The Bertz CT molecular complexity index is 1460. The lowest BCUT2D eigenvalue weighted by atomic mass is 10.0. The molecule has 0 heterocycles. The van der Waals surface area contributed by atoms with Gasteiger partial charge in [-0.05, 0) is 47.9 Å². The molecule has 0 bridgehead atoms. The van der Waals surface area contributed by atoms with Crippen LogP contribution in [0.2, 0.25) is 20.1 Å². The van der Waals surface area contributed by atoms with Crippen LogP contribution in [0.1, 0.15) is 24.5 Å². The quantitative estimate of drug-likeness (QED) is 0.253. The molecule has 40 heavy (non-hydrogen) atoms. The van der Waals surface area contributed by atoms with Gasteiger partial charge < -0.3 is 10.2 Å². The largest absolute Gasteiger partial charge is 0.354 e. The number of nitrogens with one attached hydrogen (secondary N) is 1. The molecule has 7 nitrogen and oxygen atoms in total. The summed E-state index contributed by atoms with van der Waals surface area (Å²) in [6.07, 6.45) is 1.84. The zero-order valence-electron chi connectivity index (χ0n) is 21.9. The van der Waals surface area contributed by atoms with E-state index in [4.69, 9.17) is 46.4 Å². The van der Waals surface area contributed by atoms with Gasteiger partial charge in [-0.2, -0.15) is 0 Å². The summed E-state index contributed by atoms with van der Waals surface area (Å²) in [5, 5.41) is 3.92. The number of carbonyl (C=O) groups excluding carboxylic acids is 2.